The summed E-state index contributed by atoms with van der Waals surface area (Å²) in [6.07, 6.45) is 2.20. The van der Waals surface area contributed by atoms with Gasteiger partial charge in [0, 0.05) is 13.1 Å². The van der Waals surface area contributed by atoms with Crippen molar-refractivity contribution in [2.75, 3.05) is 13.1 Å². The topological polar surface area (TPSA) is 38.1 Å². The highest BCUT2D eigenvalue weighted by Gasteiger charge is 2.27. The van der Waals surface area contributed by atoms with Crippen LogP contribution in [0.4, 0.5) is 0 Å². The predicted octanol–water partition coefficient (Wildman–Crippen LogP) is 3.27. The van der Waals surface area contributed by atoms with Crippen molar-refractivity contribution in [2.24, 2.45) is 0 Å². The van der Waals surface area contributed by atoms with Gasteiger partial charge in [-0.05, 0) is 38.3 Å². The smallest absolute Gasteiger partial charge is 0.245 e. The van der Waals surface area contributed by atoms with Gasteiger partial charge in [0.15, 0.2) is 0 Å². The van der Waals surface area contributed by atoms with E-state index in [1.807, 2.05) is 41.5 Å². The van der Waals surface area contributed by atoms with E-state index in [4.69, 9.17) is 11.6 Å². The Morgan fingerprint density at radius 2 is 2.10 bits per heavy atom. The number of fused-ring (bicyclic) bond motifs is 1. The third-order valence-corrected chi connectivity index (χ3v) is 4.52. The van der Waals surface area contributed by atoms with Crippen molar-refractivity contribution in [2.45, 2.75) is 38.6 Å². The van der Waals surface area contributed by atoms with E-state index in [0.29, 0.717) is 5.88 Å². The predicted molar refractivity (Wildman–Crippen MR) is 84.6 cm³/mol. The Balaban J connectivity index is 2.05. The number of hydrogen-bond donors (Lipinski definition) is 0. The lowest BCUT2D eigenvalue weighted by molar-refractivity contribution is -0.133. The van der Waals surface area contributed by atoms with E-state index < -0.39 is 0 Å². The number of likely N-dealkylation sites (tertiary alicyclic amines) is 1. The number of aromatic nitrogens is 2. The van der Waals surface area contributed by atoms with Crippen molar-refractivity contribution in [1.29, 1.82) is 0 Å². The number of nitrogens with zero attached hydrogens (tertiary/aromatic N) is 3. The van der Waals surface area contributed by atoms with Crippen LogP contribution >= 0.6 is 11.6 Å². The summed E-state index contributed by atoms with van der Waals surface area (Å²) in [5.41, 5.74) is 3.04. The monoisotopic (exact) mass is 305 g/mol. The molecule has 1 fully saturated rings. The number of imidazole rings is 1. The third kappa shape index (κ3) is 2.42. The molecule has 2 aromatic rings. The van der Waals surface area contributed by atoms with Crippen LogP contribution in [0.15, 0.2) is 18.2 Å². The van der Waals surface area contributed by atoms with Gasteiger partial charge in [-0.25, -0.2) is 4.98 Å². The Bertz CT molecular complexity index is 673. The first-order chi connectivity index (χ1) is 10.1. The molecule has 21 heavy (non-hydrogen) atoms. The molecule has 3 rings (SSSR count). The fraction of sp³-hybridized carbons (Fsp3) is 0.500. The quantitative estimate of drug-likeness (QED) is 0.816. The Morgan fingerprint density at radius 1 is 1.38 bits per heavy atom. The van der Waals surface area contributed by atoms with E-state index in [2.05, 4.69) is 4.98 Å². The highest BCUT2D eigenvalue weighted by atomic mass is 35.5. The molecular weight excluding hydrogens is 286 g/mol. The lowest BCUT2D eigenvalue weighted by Crippen LogP contribution is -2.34. The lowest BCUT2D eigenvalue weighted by Gasteiger charge is -2.23. The molecule has 1 atom stereocenters. The van der Waals surface area contributed by atoms with Crippen LogP contribution in [-0.4, -0.2) is 33.4 Å². The van der Waals surface area contributed by atoms with Gasteiger partial charge in [0.25, 0.3) is 0 Å². The second kappa shape index (κ2) is 5.68. The minimum atomic E-state index is -0.261. The normalized spacial score (nSPS) is 16.6. The van der Waals surface area contributed by atoms with Crippen molar-refractivity contribution in [3.8, 4) is 0 Å². The van der Waals surface area contributed by atoms with E-state index in [0.717, 1.165) is 48.4 Å². The molecule has 0 N–H and O–H groups in total. The van der Waals surface area contributed by atoms with Gasteiger partial charge in [-0.3, -0.25) is 4.79 Å². The van der Waals surface area contributed by atoms with Gasteiger partial charge in [-0.2, -0.15) is 0 Å². The molecule has 0 spiro atoms. The fourth-order valence-electron chi connectivity index (χ4n) is 3.14. The first-order valence-corrected chi connectivity index (χ1v) is 7.98. The first kappa shape index (κ1) is 14.4. The Morgan fingerprint density at radius 3 is 2.76 bits per heavy atom. The lowest BCUT2D eigenvalue weighted by atomic mass is 10.2. The van der Waals surface area contributed by atoms with Gasteiger partial charge in [0.2, 0.25) is 5.91 Å². The largest absolute Gasteiger partial charge is 0.341 e. The number of halogens is 1. The molecule has 5 heteroatoms. The zero-order valence-corrected chi connectivity index (χ0v) is 13.2. The Labute approximate surface area is 129 Å². The minimum absolute atomic E-state index is 0.166. The number of benzene rings is 1. The number of carbonyl (C=O) groups is 1. The van der Waals surface area contributed by atoms with Crippen molar-refractivity contribution in [3.63, 3.8) is 0 Å². The van der Waals surface area contributed by atoms with Crippen LogP contribution in [0.25, 0.3) is 11.0 Å². The second-order valence-corrected chi connectivity index (χ2v) is 5.95. The summed E-state index contributed by atoms with van der Waals surface area (Å²) in [6, 6.07) is 5.79. The van der Waals surface area contributed by atoms with Gasteiger partial charge >= 0.3 is 0 Å². The van der Waals surface area contributed by atoms with Gasteiger partial charge in [0.1, 0.15) is 11.9 Å². The molecule has 4 nitrogen and oxygen atoms in total. The van der Waals surface area contributed by atoms with E-state index in [1.165, 1.54) is 0 Å². The second-order valence-electron chi connectivity index (χ2n) is 5.68. The summed E-state index contributed by atoms with van der Waals surface area (Å²) in [4.78, 5) is 19.2. The third-order valence-electron chi connectivity index (χ3n) is 4.28. The molecule has 1 unspecified atom stereocenters. The molecule has 0 bridgehead atoms. The molecule has 0 aliphatic carbocycles. The number of para-hydroxylation sites is 1. The van der Waals surface area contributed by atoms with Gasteiger partial charge in [0.05, 0.1) is 16.9 Å². The maximum Gasteiger partial charge on any atom is 0.245 e. The number of rotatable bonds is 3. The molecule has 1 saturated heterocycles. The summed E-state index contributed by atoms with van der Waals surface area (Å²) >= 11 is 6.06. The number of amides is 1. The maximum atomic E-state index is 12.7. The molecule has 1 aliphatic rings. The van der Waals surface area contributed by atoms with Crippen molar-refractivity contribution in [1.82, 2.24) is 14.5 Å². The van der Waals surface area contributed by atoms with Crippen LogP contribution in [-0.2, 0) is 10.7 Å². The molecule has 1 aromatic heterocycles. The molecular formula is C16H20ClN3O. The summed E-state index contributed by atoms with van der Waals surface area (Å²) in [5.74, 6) is 1.24. The molecule has 1 amide bonds. The summed E-state index contributed by atoms with van der Waals surface area (Å²) < 4.78 is 2.00. The highest BCUT2D eigenvalue weighted by molar-refractivity contribution is 6.17. The van der Waals surface area contributed by atoms with Crippen molar-refractivity contribution in [3.05, 3.63) is 29.6 Å². The fourth-order valence-corrected chi connectivity index (χ4v) is 3.33. The van der Waals surface area contributed by atoms with Crippen LogP contribution in [0.5, 0.6) is 0 Å². The summed E-state index contributed by atoms with van der Waals surface area (Å²) in [7, 11) is 0. The van der Waals surface area contributed by atoms with E-state index >= 15 is 0 Å². The molecule has 112 valence electrons. The standard InChI is InChI=1S/C16H20ClN3O/c1-11-6-5-7-13-15(11)18-14(10-17)20(13)12(2)16(21)19-8-3-4-9-19/h5-7,12H,3-4,8-10H2,1-2H3. The summed E-state index contributed by atoms with van der Waals surface area (Å²) in [6.45, 7) is 5.71. The van der Waals surface area contributed by atoms with Gasteiger partial charge in [-0.1, -0.05) is 12.1 Å². The molecule has 2 heterocycles. The van der Waals surface area contributed by atoms with E-state index in [9.17, 15) is 4.79 Å². The number of aryl methyl sites for hydroxylation is 1. The van der Waals surface area contributed by atoms with Gasteiger partial charge < -0.3 is 9.47 Å². The Kier molecular flexibility index (Phi) is 3.89. The van der Waals surface area contributed by atoms with Crippen LogP contribution in [0.1, 0.15) is 37.2 Å². The van der Waals surface area contributed by atoms with Crippen molar-refractivity contribution >= 4 is 28.5 Å². The zero-order valence-electron chi connectivity index (χ0n) is 12.5. The van der Waals surface area contributed by atoms with E-state index in [1.54, 1.807) is 0 Å². The highest BCUT2D eigenvalue weighted by Crippen LogP contribution is 2.26. The number of alkyl halides is 1. The number of hydrogen-bond acceptors (Lipinski definition) is 2. The zero-order chi connectivity index (χ0) is 15.0. The van der Waals surface area contributed by atoms with Crippen LogP contribution in [0.3, 0.4) is 0 Å². The van der Waals surface area contributed by atoms with E-state index in [-0.39, 0.29) is 11.9 Å². The average Bonchev–Trinajstić information content (AvgIpc) is 3.13. The average molecular weight is 306 g/mol. The molecule has 0 radical (unpaired) electrons. The van der Waals surface area contributed by atoms with Crippen LogP contribution < -0.4 is 0 Å². The van der Waals surface area contributed by atoms with Gasteiger partial charge in [-0.15, -0.1) is 11.6 Å². The summed E-state index contributed by atoms with van der Waals surface area (Å²) in [5, 5.41) is 0. The van der Waals surface area contributed by atoms with Crippen LogP contribution in [0, 0.1) is 6.92 Å². The SMILES string of the molecule is Cc1cccc2c1nc(CCl)n2C(C)C(=O)N1CCCC1. The molecule has 0 saturated carbocycles. The Hall–Kier alpha value is -1.55. The molecule has 1 aromatic carbocycles. The van der Waals surface area contributed by atoms with Crippen molar-refractivity contribution < 1.29 is 4.79 Å². The van der Waals surface area contributed by atoms with Crippen LogP contribution in [0.2, 0.25) is 0 Å². The maximum absolute atomic E-state index is 12.7. The minimum Gasteiger partial charge on any atom is -0.341 e. The first-order valence-electron chi connectivity index (χ1n) is 7.44. The number of carbonyl (C=O) groups excluding carboxylic acids is 1. The molecule has 1 aliphatic heterocycles.